The van der Waals surface area contributed by atoms with E-state index < -0.39 is 0 Å². The molecule has 3 rings (SSSR count). The van der Waals surface area contributed by atoms with Gasteiger partial charge in [0.25, 0.3) is 0 Å². The Hall–Kier alpha value is -1.88. The maximum Gasteiger partial charge on any atom is 0.222 e. The van der Waals surface area contributed by atoms with E-state index in [1.807, 2.05) is 4.68 Å². The van der Waals surface area contributed by atoms with Crippen LogP contribution < -0.4 is 5.32 Å². The number of aliphatic hydroxyl groups excluding tert-OH is 1. The van der Waals surface area contributed by atoms with Gasteiger partial charge in [0.1, 0.15) is 6.61 Å². The first-order valence-electron chi connectivity index (χ1n) is 7.56. The average Bonchev–Trinajstić information content (AvgIpc) is 2.90. The maximum atomic E-state index is 9.20. The van der Waals surface area contributed by atoms with Crippen LogP contribution in [0, 0.1) is 5.92 Å². The van der Waals surface area contributed by atoms with Crippen molar-refractivity contribution in [3.63, 3.8) is 0 Å². The molecule has 0 bridgehead atoms. The van der Waals surface area contributed by atoms with Crippen LogP contribution in [0.1, 0.15) is 43.3 Å². The van der Waals surface area contributed by atoms with E-state index in [1.54, 1.807) is 0 Å². The molecular weight excluding hydrogens is 264 g/mol. The van der Waals surface area contributed by atoms with E-state index in [1.165, 1.54) is 11.1 Å². The Balaban J connectivity index is 1.86. The van der Waals surface area contributed by atoms with Gasteiger partial charge >= 0.3 is 0 Å². The van der Waals surface area contributed by atoms with Gasteiger partial charge in [-0.3, -0.25) is 0 Å². The fourth-order valence-electron chi connectivity index (χ4n) is 2.87. The van der Waals surface area contributed by atoms with Crippen LogP contribution in [0.2, 0.25) is 0 Å². The largest absolute Gasteiger partial charge is 0.388 e. The summed E-state index contributed by atoms with van der Waals surface area (Å²) in [7, 11) is 0. The van der Waals surface area contributed by atoms with Crippen molar-refractivity contribution in [3.8, 4) is 0 Å². The summed E-state index contributed by atoms with van der Waals surface area (Å²) in [6.45, 7) is 5.22. The second-order valence-electron chi connectivity index (χ2n) is 6.03. The highest BCUT2D eigenvalue weighted by atomic mass is 16.3. The van der Waals surface area contributed by atoms with Crippen LogP contribution in [0.25, 0.3) is 0 Å². The highest BCUT2D eigenvalue weighted by Crippen LogP contribution is 2.28. The predicted octanol–water partition coefficient (Wildman–Crippen LogP) is 2.37. The van der Waals surface area contributed by atoms with Crippen molar-refractivity contribution in [3.05, 3.63) is 41.2 Å². The Morgan fingerprint density at radius 2 is 2.10 bits per heavy atom. The highest BCUT2D eigenvalue weighted by molar-refractivity contribution is 5.34. The molecule has 0 amide bonds. The standard InChI is InChI=1S/C16H22N4O/c1-11(2)9-12-3-5-13(6-4-12)14-7-8-17-16-18-15(10-21)19-20(14)16/h3-6,11,14,21H,7-10H2,1-2H3,(H,17,18,19). The predicted molar refractivity (Wildman–Crippen MR) is 82.2 cm³/mol. The monoisotopic (exact) mass is 286 g/mol. The third-order valence-corrected chi connectivity index (χ3v) is 3.82. The minimum atomic E-state index is -0.123. The lowest BCUT2D eigenvalue weighted by atomic mass is 9.98. The number of rotatable bonds is 4. The molecule has 0 spiro atoms. The van der Waals surface area contributed by atoms with Crippen LogP contribution in [0.15, 0.2) is 24.3 Å². The minimum absolute atomic E-state index is 0.123. The third-order valence-electron chi connectivity index (χ3n) is 3.82. The molecule has 1 aromatic carbocycles. The maximum absolute atomic E-state index is 9.20. The fourth-order valence-corrected chi connectivity index (χ4v) is 2.87. The van der Waals surface area contributed by atoms with Gasteiger partial charge in [0.05, 0.1) is 6.04 Å². The number of benzene rings is 1. The first-order chi connectivity index (χ1) is 10.2. The van der Waals surface area contributed by atoms with E-state index in [-0.39, 0.29) is 12.6 Å². The topological polar surface area (TPSA) is 63.0 Å². The second-order valence-corrected chi connectivity index (χ2v) is 6.03. The van der Waals surface area contributed by atoms with Crippen molar-refractivity contribution in [2.24, 2.45) is 5.92 Å². The van der Waals surface area contributed by atoms with Crippen molar-refractivity contribution >= 4 is 5.95 Å². The number of hydrogen-bond donors (Lipinski definition) is 2. The van der Waals surface area contributed by atoms with Gasteiger partial charge in [-0.1, -0.05) is 38.1 Å². The first-order valence-corrected chi connectivity index (χ1v) is 7.56. The molecular formula is C16H22N4O. The molecule has 2 heterocycles. The summed E-state index contributed by atoms with van der Waals surface area (Å²) in [6.07, 6.45) is 2.08. The zero-order chi connectivity index (χ0) is 14.8. The van der Waals surface area contributed by atoms with Gasteiger partial charge in [0.2, 0.25) is 5.95 Å². The van der Waals surface area contributed by atoms with Crippen molar-refractivity contribution in [1.82, 2.24) is 14.8 Å². The number of nitrogens with one attached hydrogen (secondary N) is 1. The number of aliphatic hydroxyl groups is 1. The van der Waals surface area contributed by atoms with Gasteiger partial charge in [0.15, 0.2) is 5.82 Å². The summed E-state index contributed by atoms with van der Waals surface area (Å²) in [4.78, 5) is 4.29. The quantitative estimate of drug-likeness (QED) is 0.906. The van der Waals surface area contributed by atoms with Gasteiger partial charge in [-0.2, -0.15) is 10.1 Å². The highest BCUT2D eigenvalue weighted by Gasteiger charge is 2.24. The SMILES string of the molecule is CC(C)Cc1ccc(C2CCNc3nc(CO)nn32)cc1. The number of aromatic nitrogens is 3. The van der Waals surface area contributed by atoms with Crippen molar-refractivity contribution in [2.45, 2.75) is 39.3 Å². The van der Waals surface area contributed by atoms with E-state index in [0.717, 1.165) is 25.3 Å². The lowest BCUT2D eigenvalue weighted by Gasteiger charge is -2.24. The summed E-state index contributed by atoms with van der Waals surface area (Å²) in [5.41, 5.74) is 2.62. The van der Waals surface area contributed by atoms with E-state index in [9.17, 15) is 5.11 Å². The zero-order valence-electron chi connectivity index (χ0n) is 12.6. The summed E-state index contributed by atoms with van der Waals surface area (Å²) < 4.78 is 1.90. The lowest BCUT2D eigenvalue weighted by Crippen LogP contribution is -2.24. The molecule has 2 aromatic rings. The smallest absolute Gasteiger partial charge is 0.222 e. The lowest BCUT2D eigenvalue weighted by molar-refractivity contribution is 0.270. The molecule has 1 aliphatic rings. The normalized spacial score (nSPS) is 17.6. The number of anilines is 1. The average molecular weight is 286 g/mol. The van der Waals surface area contributed by atoms with Crippen molar-refractivity contribution in [2.75, 3.05) is 11.9 Å². The van der Waals surface area contributed by atoms with Crippen LogP contribution in [-0.2, 0) is 13.0 Å². The van der Waals surface area contributed by atoms with Crippen molar-refractivity contribution < 1.29 is 5.11 Å². The van der Waals surface area contributed by atoms with E-state index in [0.29, 0.717) is 11.7 Å². The molecule has 0 saturated heterocycles. The number of nitrogens with zero attached hydrogens (tertiary/aromatic N) is 3. The molecule has 0 radical (unpaired) electrons. The third kappa shape index (κ3) is 2.93. The van der Waals surface area contributed by atoms with Gasteiger partial charge < -0.3 is 10.4 Å². The van der Waals surface area contributed by atoms with Gasteiger partial charge in [-0.25, -0.2) is 4.68 Å². The Bertz CT molecular complexity index is 603. The minimum Gasteiger partial charge on any atom is -0.388 e. The van der Waals surface area contributed by atoms with E-state index in [4.69, 9.17) is 0 Å². The Morgan fingerprint density at radius 1 is 1.33 bits per heavy atom. The first kappa shape index (κ1) is 14.1. The molecule has 1 aliphatic heterocycles. The second kappa shape index (κ2) is 5.85. The Kier molecular flexibility index (Phi) is 3.92. The van der Waals surface area contributed by atoms with Crippen LogP contribution in [0.3, 0.4) is 0 Å². The number of hydrogen-bond acceptors (Lipinski definition) is 4. The van der Waals surface area contributed by atoms with Crippen LogP contribution in [0.5, 0.6) is 0 Å². The molecule has 5 nitrogen and oxygen atoms in total. The molecule has 21 heavy (non-hydrogen) atoms. The van der Waals surface area contributed by atoms with Crippen LogP contribution >= 0.6 is 0 Å². The Morgan fingerprint density at radius 3 is 2.76 bits per heavy atom. The summed E-state index contributed by atoms with van der Waals surface area (Å²) in [6, 6.07) is 9.00. The van der Waals surface area contributed by atoms with Crippen LogP contribution in [0.4, 0.5) is 5.95 Å². The summed E-state index contributed by atoms with van der Waals surface area (Å²) in [5.74, 6) is 1.89. The van der Waals surface area contributed by atoms with Gasteiger partial charge in [-0.05, 0) is 29.9 Å². The molecule has 0 fully saturated rings. The molecule has 112 valence electrons. The summed E-state index contributed by atoms with van der Waals surface area (Å²) >= 11 is 0. The molecule has 1 aromatic heterocycles. The molecule has 1 unspecified atom stereocenters. The van der Waals surface area contributed by atoms with Crippen LogP contribution in [-0.4, -0.2) is 26.4 Å². The Labute approximate surface area is 125 Å². The molecule has 5 heteroatoms. The van der Waals surface area contributed by atoms with E-state index in [2.05, 4.69) is 53.5 Å². The number of fused-ring (bicyclic) bond motifs is 1. The van der Waals surface area contributed by atoms with Gasteiger partial charge in [-0.15, -0.1) is 0 Å². The van der Waals surface area contributed by atoms with Crippen molar-refractivity contribution in [1.29, 1.82) is 0 Å². The molecule has 2 N–H and O–H groups in total. The fraction of sp³-hybridized carbons (Fsp3) is 0.500. The summed E-state index contributed by atoms with van der Waals surface area (Å²) in [5, 5.41) is 16.8. The molecule has 0 saturated carbocycles. The molecule has 1 atom stereocenters. The zero-order valence-corrected chi connectivity index (χ0v) is 12.6. The molecule has 0 aliphatic carbocycles. The van der Waals surface area contributed by atoms with E-state index >= 15 is 0 Å². The van der Waals surface area contributed by atoms with Gasteiger partial charge in [0, 0.05) is 6.54 Å².